The average Bonchev–Trinajstić information content (AvgIpc) is 3.88. The molecule has 0 aliphatic carbocycles. The summed E-state index contributed by atoms with van der Waals surface area (Å²) in [7, 11) is 0. The van der Waals surface area contributed by atoms with Crippen LogP contribution in [0.25, 0.3) is 85.9 Å². The number of furan rings is 1. The molecule has 58 heavy (non-hydrogen) atoms. The van der Waals surface area contributed by atoms with Crippen molar-refractivity contribution in [3.8, 4) is 22.3 Å². The second-order valence-electron chi connectivity index (χ2n) is 15.1. The minimum atomic E-state index is -0.269. The molecule has 2 atom stereocenters. The third-order valence-corrected chi connectivity index (χ3v) is 12.9. The minimum Gasteiger partial charge on any atom is -0.455 e. The van der Waals surface area contributed by atoms with Crippen LogP contribution in [0.2, 0.25) is 0 Å². The average molecular weight is 762 g/mol. The molecule has 0 saturated carbocycles. The zero-order valence-electron chi connectivity index (χ0n) is 31.3. The van der Waals surface area contributed by atoms with Crippen molar-refractivity contribution in [1.82, 2.24) is 10.6 Å². The summed E-state index contributed by atoms with van der Waals surface area (Å²) in [4.78, 5) is 5.47. The molecule has 2 unspecified atom stereocenters. The smallest absolute Gasteiger partial charge is 0.143 e. The summed E-state index contributed by atoms with van der Waals surface area (Å²) < 4.78 is 9.17. The van der Waals surface area contributed by atoms with E-state index >= 15 is 0 Å². The number of nitrogens with one attached hydrogen (secondary N) is 2. The number of amidine groups is 1. The van der Waals surface area contributed by atoms with Crippen molar-refractivity contribution in [3.63, 3.8) is 0 Å². The fourth-order valence-corrected chi connectivity index (χ4v) is 10.2. The molecule has 0 amide bonds. The van der Waals surface area contributed by atoms with Gasteiger partial charge in [-0.15, -0.1) is 11.3 Å². The van der Waals surface area contributed by atoms with Gasteiger partial charge in [0.05, 0.1) is 0 Å². The number of para-hydroxylation sites is 1. The molecule has 1 aliphatic heterocycles. The van der Waals surface area contributed by atoms with Gasteiger partial charge in [0.2, 0.25) is 0 Å². The van der Waals surface area contributed by atoms with Gasteiger partial charge in [-0.25, -0.2) is 4.99 Å². The Kier molecular flexibility index (Phi) is 7.58. The Labute approximate surface area is 338 Å². The van der Waals surface area contributed by atoms with Crippen LogP contribution in [0.3, 0.4) is 0 Å². The Bertz CT molecular complexity index is 3420. The summed E-state index contributed by atoms with van der Waals surface area (Å²) in [6, 6.07) is 67.3. The standard InChI is InChI=1S/C53H35N3OS/c1-2-12-32(13-3-1)34-24-27-35(28-25-34)51-54-52(38-29-26-33-14-4-5-15-36(33)30-38)56-53(55-51)43-21-11-23-46-47(43)42-20-10-19-40(50(42)58-46)44-31-37-16-6-7-17-39(37)48-41-18-8-9-22-45(41)57-49(44)48/h1-31,51-52,54H,(H,55,56). The van der Waals surface area contributed by atoms with Gasteiger partial charge in [-0.05, 0) is 68.1 Å². The van der Waals surface area contributed by atoms with E-state index in [1.165, 1.54) is 63.8 Å². The molecule has 2 aromatic heterocycles. The summed E-state index contributed by atoms with van der Waals surface area (Å²) >= 11 is 1.84. The topological polar surface area (TPSA) is 49.6 Å². The predicted octanol–water partition coefficient (Wildman–Crippen LogP) is 13.9. The van der Waals surface area contributed by atoms with Crippen molar-refractivity contribution in [1.29, 1.82) is 0 Å². The van der Waals surface area contributed by atoms with Crippen molar-refractivity contribution < 1.29 is 4.42 Å². The Morgan fingerprint density at radius 1 is 0.483 bits per heavy atom. The first-order valence-electron chi connectivity index (χ1n) is 19.8. The Hall–Kier alpha value is -7.05. The molecule has 4 nitrogen and oxygen atoms in total. The molecule has 1 aliphatic rings. The number of thiophene rings is 1. The van der Waals surface area contributed by atoms with E-state index in [4.69, 9.17) is 9.41 Å². The summed E-state index contributed by atoms with van der Waals surface area (Å²) in [6.45, 7) is 0. The van der Waals surface area contributed by atoms with E-state index in [9.17, 15) is 0 Å². The second-order valence-corrected chi connectivity index (χ2v) is 16.2. The maximum Gasteiger partial charge on any atom is 0.143 e. The maximum absolute atomic E-state index is 6.72. The van der Waals surface area contributed by atoms with Crippen LogP contribution in [-0.4, -0.2) is 5.84 Å². The van der Waals surface area contributed by atoms with Crippen molar-refractivity contribution in [2.75, 3.05) is 0 Å². The van der Waals surface area contributed by atoms with Crippen LogP contribution in [0.4, 0.5) is 0 Å². The molecule has 5 heteroatoms. The van der Waals surface area contributed by atoms with E-state index in [1.54, 1.807) is 0 Å². The molecule has 0 fully saturated rings. The first-order chi connectivity index (χ1) is 28.7. The van der Waals surface area contributed by atoms with E-state index < -0.39 is 0 Å². The number of benzene rings is 9. The maximum atomic E-state index is 6.72. The summed E-state index contributed by atoms with van der Waals surface area (Å²) in [5.41, 5.74) is 9.86. The Balaban J connectivity index is 1.03. The normalized spacial score (nSPS) is 15.8. The van der Waals surface area contributed by atoms with Crippen LogP contribution in [0.1, 0.15) is 29.0 Å². The monoisotopic (exact) mass is 761 g/mol. The molecular formula is C53H35N3OS. The zero-order valence-corrected chi connectivity index (χ0v) is 32.1. The number of aliphatic imine (C=N–C) groups is 1. The number of nitrogens with zero attached hydrogens (tertiary/aromatic N) is 1. The molecule has 274 valence electrons. The molecule has 0 saturated heterocycles. The number of hydrogen-bond acceptors (Lipinski definition) is 5. The van der Waals surface area contributed by atoms with Crippen LogP contribution in [0, 0.1) is 0 Å². The zero-order chi connectivity index (χ0) is 38.2. The van der Waals surface area contributed by atoms with Gasteiger partial charge in [-0.2, -0.15) is 0 Å². The van der Waals surface area contributed by atoms with Crippen LogP contribution in [0.5, 0.6) is 0 Å². The van der Waals surface area contributed by atoms with Crippen molar-refractivity contribution in [3.05, 3.63) is 205 Å². The van der Waals surface area contributed by atoms with Crippen molar-refractivity contribution in [2.45, 2.75) is 12.3 Å². The molecule has 0 radical (unpaired) electrons. The van der Waals surface area contributed by atoms with Gasteiger partial charge < -0.3 is 9.73 Å². The predicted molar refractivity (Wildman–Crippen MR) is 244 cm³/mol. The van der Waals surface area contributed by atoms with Crippen LogP contribution in [0.15, 0.2) is 197 Å². The molecule has 3 heterocycles. The largest absolute Gasteiger partial charge is 0.455 e. The Morgan fingerprint density at radius 3 is 2.05 bits per heavy atom. The van der Waals surface area contributed by atoms with E-state index in [0.717, 1.165) is 44.6 Å². The molecule has 12 rings (SSSR count). The lowest BCUT2D eigenvalue weighted by atomic mass is 9.95. The quantitative estimate of drug-likeness (QED) is 0.184. The van der Waals surface area contributed by atoms with Gasteiger partial charge in [0.25, 0.3) is 0 Å². The molecule has 0 spiro atoms. The molecule has 11 aromatic rings. The third kappa shape index (κ3) is 5.36. The van der Waals surface area contributed by atoms with E-state index in [-0.39, 0.29) is 12.3 Å². The Morgan fingerprint density at radius 2 is 1.17 bits per heavy atom. The van der Waals surface area contributed by atoms with Gasteiger partial charge >= 0.3 is 0 Å². The lowest BCUT2D eigenvalue weighted by Crippen LogP contribution is -2.45. The van der Waals surface area contributed by atoms with Gasteiger partial charge in [0.1, 0.15) is 29.3 Å². The van der Waals surface area contributed by atoms with E-state index in [2.05, 4.69) is 193 Å². The van der Waals surface area contributed by atoms with E-state index in [1.807, 2.05) is 17.4 Å². The number of hydrogen-bond donors (Lipinski definition) is 2. The molecule has 2 N–H and O–H groups in total. The highest BCUT2D eigenvalue weighted by Gasteiger charge is 2.28. The number of fused-ring (bicyclic) bond motifs is 9. The fraction of sp³-hybridized carbons (Fsp3) is 0.0377. The van der Waals surface area contributed by atoms with Crippen LogP contribution in [-0.2, 0) is 0 Å². The summed E-state index contributed by atoms with van der Waals surface area (Å²) in [5, 5.41) is 17.3. The van der Waals surface area contributed by atoms with Gasteiger partial charge in [-0.1, -0.05) is 164 Å². The fourth-order valence-electron chi connectivity index (χ4n) is 8.95. The lowest BCUT2D eigenvalue weighted by molar-refractivity contribution is 0.409. The highest BCUT2D eigenvalue weighted by molar-refractivity contribution is 7.26. The SMILES string of the molecule is c1ccc(-c2ccc(C3NC(c4cccc5sc6c(-c7cc8ccccc8c8c7oc7ccccc78)cccc6c45)=NC(c4ccc5ccccc5c4)N3)cc2)cc1. The third-order valence-electron chi connectivity index (χ3n) is 11.7. The highest BCUT2D eigenvalue weighted by atomic mass is 32.1. The van der Waals surface area contributed by atoms with Crippen molar-refractivity contribution >= 4 is 80.8 Å². The lowest BCUT2D eigenvalue weighted by Gasteiger charge is -2.32. The first-order valence-corrected chi connectivity index (χ1v) is 20.6. The molecule has 0 bridgehead atoms. The molecular weight excluding hydrogens is 727 g/mol. The number of rotatable bonds is 5. The van der Waals surface area contributed by atoms with E-state index in [0.29, 0.717) is 0 Å². The highest BCUT2D eigenvalue weighted by Crippen LogP contribution is 2.46. The van der Waals surface area contributed by atoms with Gasteiger partial charge in [0.15, 0.2) is 0 Å². The summed E-state index contributed by atoms with van der Waals surface area (Å²) in [5.74, 6) is 0.870. The second kappa shape index (κ2) is 13.3. The first kappa shape index (κ1) is 33.1. The van der Waals surface area contributed by atoms with Gasteiger partial charge in [0, 0.05) is 47.6 Å². The van der Waals surface area contributed by atoms with Crippen molar-refractivity contribution in [2.24, 2.45) is 4.99 Å². The summed E-state index contributed by atoms with van der Waals surface area (Å²) in [6.07, 6.45) is -0.446. The molecule has 9 aromatic carbocycles. The van der Waals surface area contributed by atoms with Crippen LogP contribution < -0.4 is 10.6 Å². The minimum absolute atomic E-state index is 0.177. The van der Waals surface area contributed by atoms with Gasteiger partial charge in [-0.3, -0.25) is 5.32 Å². The van der Waals surface area contributed by atoms with Crippen LogP contribution >= 0.6 is 11.3 Å².